The minimum atomic E-state index is 0.472. The fourth-order valence-electron chi connectivity index (χ4n) is 1.71. The number of hydrogen-bond acceptors (Lipinski definition) is 4. The molecule has 0 saturated carbocycles. The van der Waals surface area contributed by atoms with Gasteiger partial charge in [0.2, 0.25) is 5.95 Å². The number of rotatable bonds is 8. The molecule has 0 bridgehead atoms. The zero-order valence-electron chi connectivity index (χ0n) is 11.5. The number of nitrogens with zero attached hydrogens (tertiary/aromatic N) is 2. The van der Waals surface area contributed by atoms with Crippen molar-refractivity contribution in [2.45, 2.75) is 52.5 Å². The molecule has 5 heteroatoms. The van der Waals surface area contributed by atoms with Crippen LogP contribution in [0.5, 0.6) is 0 Å². The average molecular weight is 315 g/mol. The van der Waals surface area contributed by atoms with E-state index in [1.807, 2.05) is 0 Å². The third-order valence-corrected chi connectivity index (χ3v) is 3.33. The van der Waals surface area contributed by atoms with Crippen LogP contribution in [0.2, 0.25) is 0 Å². The first-order chi connectivity index (χ1) is 8.71. The fourth-order valence-corrected chi connectivity index (χ4v) is 2.02. The van der Waals surface area contributed by atoms with Crippen molar-refractivity contribution in [2.24, 2.45) is 0 Å². The van der Waals surface area contributed by atoms with Crippen molar-refractivity contribution < 1.29 is 0 Å². The summed E-state index contributed by atoms with van der Waals surface area (Å²) in [5.74, 6) is 1.57. The van der Waals surface area contributed by atoms with Crippen molar-refractivity contribution in [3.05, 3.63) is 10.7 Å². The van der Waals surface area contributed by atoms with E-state index < -0.39 is 0 Å². The van der Waals surface area contributed by atoms with Crippen LogP contribution in [0.3, 0.4) is 0 Å². The predicted molar refractivity (Wildman–Crippen MR) is 81.1 cm³/mol. The van der Waals surface area contributed by atoms with Crippen molar-refractivity contribution in [1.82, 2.24) is 9.97 Å². The molecule has 1 aromatic heterocycles. The van der Waals surface area contributed by atoms with Gasteiger partial charge < -0.3 is 10.6 Å². The lowest BCUT2D eigenvalue weighted by molar-refractivity contribution is 0.620. The molecule has 2 N–H and O–H groups in total. The summed E-state index contributed by atoms with van der Waals surface area (Å²) < 4.78 is 0.916. The second-order valence-electron chi connectivity index (χ2n) is 4.36. The van der Waals surface area contributed by atoms with Crippen LogP contribution in [-0.4, -0.2) is 22.6 Å². The molecular formula is C13H23BrN4. The standard InChI is InChI=1S/C13H23BrN4/c1-4-7-10(6-3)17-12-11(14)9-16-13(18-12)15-8-5-2/h9-10H,4-8H2,1-3H3,(H2,15,16,17,18). The minimum Gasteiger partial charge on any atom is -0.366 e. The highest BCUT2D eigenvalue weighted by atomic mass is 79.9. The zero-order valence-corrected chi connectivity index (χ0v) is 13.0. The molecule has 0 aliphatic heterocycles. The van der Waals surface area contributed by atoms with Crippen molar-refractivity contribution in [3.8, 4) is 0 Å². The van der Waals surface area contributed by atoms with Crippen molar-refractivity contribution in [2.75, 3.05) is 17.2 Å². The third-order valence-electron chi connectivity index (χ3n) is 2.75. The SMILES string of the molecule is CCCNc1ncc(Br)c(NC(CC)CCC)n1. The zero-order chi connectivity index (χ0) is 13.4. The number of hydrogen-bond donors (Lipinski definition) is 2. The summed E-state index contributed by atoms with van der Waals surface area (Å²) >= 11 is 3.49. The lowest BCUT2D eigenvalue weighted by atomic mass is 10.1. The monoisotopic (exact) mass is 314 g/mol. The van der Waals surface area contributed by atoms with E-state index in [4.69, 9.17) is 0 Å². The Morgan fingerprint density at radius 2 is 2.06 bits per heavy atom. The Bertz CT molecular complexity index is 357. The van der Waals surface area contributed by atoms with Gasteiger partial charge in [-0.3, -0.25) is 0 Å². The molecular weight excluding hydrogens is 292 g/mol. The number of halogens is 1. The van der Waals surface area contributed by atoms with Gasteiger partial charge in [0.05, 0.1) is 4.47 Å². The van der Waals surface area contributed by atoms with E-state index in [1.54, 1.807) is 6.20 Å². The smallest absolute Gasteiger partial charge is 0.224 e. The Labute approximate surface area is 118 Å². The van der Waals surface area contributed by atoms with Crippen LogP contribution < -0.4 is 10.6 Å². The second-order valence-corrected chi connectivity index (χ2v) is 5.21. The first-order valence-corrected chi connectivity index (χ1v) is 7.53. The number of aromatic nitrogens is 2. The summed E-state index contributed by atoms with van der Waals surface area (Å²) in [4.78, 5) is 8.75. The molecule has 0 aliphatic carbocycles. The Balaban J connectivity index is 2.73. The fraction of sp³-hybridized carbons (Fsp3) is 0.692. The molecule has 0 spiro atoms. The van der Waals surface area contributed by atoms with Gasteiger partial charge in [-0.15, -0.1) is 0 Å². The normalized spacial score (nSPS) is 12.2. The van der Waals surface area contributed by atoms with E-state index in [-0.39, 0.29) is 0 Å². The third kappa shape index (κ3) is 4.80. The summed E-state index contributed by atoms with van der Waals surface area (Å²) in [6, 6.07) is 0.472. The lowest BCUT2D eigenvalue weighted by Crippen LogP contribution is -2.19. The molecule has 0 fully saturated rings. The van der Waals surface area contributed by atoms with E-state index in [0.717, 1.165) is 36.1 Å². The summed E-state index contributed by atoms with van der Waals surface area (Å²) in [5.41, 5.74) is 0. The molecule has 0 radical (unpaired) electrons. The van der Waals surface area contributed by atoms with Crippen LogP contribution in [0.25, 0.3) is 0 Å². The summed E-state index contributed by atoms with van der Waals surface area (Å²) in [6.45, 7) is 7.42. The van der Waals surface area contributed by atoms with Gasteiger partial charge in [0.1, 0.15) is 5.82 Å². The van der Waals surface area contributed by atoms with Crippen LogP contribution in [0.1, 0.15) is 46.5 Å². The number of nitrogens with one attached hydrogen (secondary N) is 2. The molecule has 0 saturated heterocycles. The minimum absolute atomic E-state index is 0.472. The van der Waals surface area contributed by atoms with E-state index in [0.29, 0.717) is 12.0 Å². The largest absolute Gasteiger partial charge is 0.366 e. The topological polar surface area (TPSA) is 49.8 Å². The molecule has 102 valence electrons. The first kappa shape index (κ1) is 15.2. The average Bonchev–Trinajstić information content (AvgIpc) is 2.38. The van der Waals surface area contributed by atoms with Crippen LogP contribution in [0.4, 0.5) is 11.8 Å². The van der Waals surface area contributed by atoms with Gasteiger partial charge in [-0.1, -0.05) is 27.2 Å². The van der Waals surface area contributed by atoms with E-state index >= 15 is 0 Å². The summed E-state index contributed by atoms with van der Waals surface area (Å²) in [5, 5.41) is 6.68. The Morgan fingerprint density at radius 3 is 2.67 bits per heavy atom. The van der Waals surface area contributed by atoms with Gasteiger partial charge in [0.15, 0.2) is 0 Å². The van der Waals surface area contributed by atoms with E-state index in [9.17, 15) is 0 Å². The van der Waals surface area contributed by atoms with Gasteiger partial charge in [-0.25, -0.2) is 4.98 Å². The first-order valence-electron chi connectivity index (χ1n) is 6.74. The Hall–Kier alpha value is -0.840. The molecule has 1 atom stereocenters. The summed E-state index contributed by atoms with van der Waals surface area (Å²) in [6.07, 6.45) is 6.30. The molecule has 18 heavy (non-hydrogen) atoms. The number of anilines is 2. The van der Waals surface area contributed by atoms with Crippen molar-refractivity contribution >= 4 is 27.7 Å². The maximum absolute atomic E-state index is 4.50. The predicted octanol–water partition coefficient (Wildman–Crippen LogP) is 4.05. The van der Waals surface area contributed by atoms with Crippen molar-refractivity contribution in [1.29, 1.82) is 0 Å². The Morgan fingerprint density at radius 1 is 1.28 bits per heavy atom. The van der Waals surface area contributed by atoms with Crippen LogP contribution >= 0.6 is 15.9 Å². The quantitative estimate of drug-likeness (QED) is 0.760. The van der Waals surface area contributed by atoms with E-state index in [2.05, 4.69) is 57.3 Å². The maximum atomic E-state index is 4.50. The Kier molecular flexibility index (Phi) is 7.01. The molecule has 4 nitrogen and oxygen atoms in total. The second kappa shape index (κ2) is 8.29. The summed E-state index contributed by atoms with van der Waals surface area (Å²) in [7, 11) is 0. The van der Waals surface area contributed by atoms with Gasteiger partial charge in [0, 0.05) is 18.8 Å². The lowest BCUT2D eigenvalue weighted by Gasteiger charge is -2.18. The van der Waals surface area contributed by atoms with Crippen LogP contribution in [-0.2, 0) is 0 Å². The van der Waals surface area contributed by atoms with Gasteiger partial charge in [0.25, 0.3) is 0 Å². The highest BCUT2D eigenvalue weighted by Gasteiger charge is 2.10. The van der Waals surface area contributed by atoms with E-state index in [1.165, 1.54) is 6.42 Å². The maximum Gasteiger partial charge on any atom is 0.224 e. The molecule has 1 heterocycles. The highest BCUT2D eigenvalue weighted by Crippen LogP contribution is 2.22. The molecule has 0 aromatic carbocycles. The van der Waals surface area contributed by atoms with Gasteiger partial charge in [-0.05, 0) is 35.2 Å². The molecule has 0 aliphatic rings. The highest BCUT2D eigenvalue weighted by molar-refractivity contribution is 9.10. The van der Waals surface area contributed by atoms with Gasteiger partial charge >= 0.3 is 0 Å². The van der Waals surface area contributed by atoms with Crippen molar-refractivity contribution in [3.63, 3.8) is 0 Å². The van der Waals surface area contributed by atoms with Crippen LogP contribution in [0, 0.1) is 0 Å². The molecule has 1 aromatic rings. The van der Waals surface area contributed by atoms with Crippen LogP contribution in [0.15, 0.2) is 10.7 Å². The molecule has 1 unspecified atom stereocenters. The molecule has 1 rings (SSSR count). The van der Waals surface area contributed by atoms with Gasteiger partial charge in [-0.2, -0.15) is 4.98 Å². The molecule has 0 amide bonds.